The summed E-state index contributed by atoms with van der Waals surface area (Å²) in [7, 11) is -3.39. The molecule has 0 fully saturated rings. The smallest absolute Gasteiger partial charge is 0.232 e. The maximum Gasteiger partial charge on any atom is 0.232 e. The van der Waals surface area contributed by atoms with Crippen LogP contribution in [0, 0.1) is 5.92 Å². The summed E-state index contributed by atoms with van der Waals surface area (Å²) in [6.07, 6.45) is 1.15. The average molecular weight is 363 g/mol. The van der Waals surface area contributed by atoms with Crippen molar-refractivity contribution in [3.8, 4) is 0 Å². The van der Waals surface area contributed by atoms with Crippen molar-refractivity contribution in [2.75, 3.05) is 23.7 Å². The molecule has 1 amide bonds. The number of sulfonamides is 1. The monoisotopic (exact) mass is 362 g/mol. The zero-order chi connectivity index (χ0) is 15.3. The van der Waals surface area contributed by atoms with Gasteiger partial charge in [0.1, 0.15) is 0 Å². The molecule has 0 aromatic heterocycles. The van der Waals surface area contributed by atoms with Crippen molar-refractivity contribution in [1.29, 1.82) is 0 Å². The van der Waals surface area contributed by atoms with Gasteiger partial charge >= 0.3 is 0 Å². The fourth-order valence-corrected chi connectivity index (χ4v) is 2.91. The molecule has 0 unspecified atom stereocenters. The van der Waals surface area contributed by atoms with E-state index in [1.54, 1.807) is 32.0 Å². The lowest BCUT2D eigenvalue weighted by Crippen LogP contribution is -2.39. The molecule has 20 heavy (non-hydrogen) atoms. The van der Waals surface area contributed by atoms with Crippen molar-refractivity contribution in [3.63, 3.8) is 0 Å². The second-order valence-corrected chi connectivity index (χ2v) is 7.58. The lowest BCUT2D eigenvalue weighted by atomic mass is 10.2. The molecule has 7 heteroatoms. The second-order valence-electron chi connectivity index (χ2n) is 4.76. The first-order valence-electron chi connectivity index (χ1n) is 6.23. The third kappa shape index (κ3) is 5.13. The van der Waals surface area contributed by atoms with Crippen molar-refractivity contribution in [3.05, 3.63) is 28.7 Å². The summed E-state index contributed by atoms with van der Waals surface area (Å²) < 4.78 is 25.8. The molecule has 0 heterocycles. The van der Waals surface area contributed by atoms with Gasteiger partial charge in [0.25, 0.3) is 0 Å². The molecule has 5 nitrogen and oxygen atoms in total. The van der Waals surface area contributed by atoms with E-state index in [1.165, 1.54) is 4.31 Å². The molecular weight excluding hydrogens is 344 g/mol. The van der Waals surface area contributed by atoms with Crippen molar-refractivity contribution in [1.82, 2.24) is 5.32 Å². The van der Waals surface area contributed by atoms with Crippen LogP contribution in [0.5, 0.6) is 0 Å². The Morgan fingerprint density at radius 2 is 2.05 bits per heavy atom. The van der Waals surface area contributed by atoms with E-state index in [0.29, 0.717) is 5.69 Å². The quantitative estimate of drug-likeness (QED) is 0.841. The van der Waals surface area contributed by atoms with E-state index >= 15 is 0 Å². The van der Waals surface area contributed by atoms with Gasteiger partial charge in [-0.25, -0.2) is 8.42 Å². The molecule has 0 aliphatic heterocycles. The minimum atomic E-state index is -3.39. The number of hydrogen-bond donors (Lipinski definition) is 1. The van der Waals surface area contributed by atoms with Gasteiger partial charge in [-0.05, 0) is 18.2 Å². The summed E-state index contributed by atoms with van der Waals surface area (Å²) in [5.41, 5.74) is 0.570. The number of hydrogen-bond acceptors (Lipinski definition) is 3. The van der Waals surface area contributed by atoms with Crippen molar-refractivity contribution in [2.45, 2.75) is 13.8 Å². The third-order valence-corrected chi connectivity index (χ3v) is 4.32. The van der Waals surface area contributed by atoms with Crippen LogP contribution in [0.25, 0.3) is 0 Å². The molecule has 1 aromatic carbocycles. The first kappa shape index (κ1) is 17.0. The zero-order valence-corrected chi connectivity index (χ0v) is 14.2. The van der Waals surface area contributed by atoms with E-state index < -0.39 is 10.0 Å². The first-order chi connectivity index (χ1) is 9.21. The van der Waals surface area contributed by atoms with E-state index in [0.717, 1.165) is 10.7 Å². The number of halogens is 1. The molecule has 112 valence electrons. The lowest BCUT2D eigenvalue weighted by molar-refractivity contribution is -0.123. The van der Waals surface area contributed by atoms with Crippen LogP contribution in [-0.4, -0.2) is 33.7 Å². The molecule has 0 atom stereocenters. The predicted molar refractivity (Wildman–Crippen MR) is 84.2 cm³/mol. The number of amides is 1. The van der Waals surface area contributed by atoms with E-state index in [4.69, 9.17) is 0 Å². The number of benzene rings is 1. The van der Waals surface area contributed by atoms with Gasteiger partial charge in [0.15, 0.2) is 0 Å². The van der Waals surface area contributed by atoms with Crippen LogP contribution in [0.3, 0.4) is 0 Å². The second kappa shape index (κ2) is 7.08. The van der Waals surface area contributed by atoms with Gasteiger partial charge in [-0.1, -0.05) is 35.8 Å². The van der Waals surface area contributed by atoms with Crippen molar-refractivity contribution < 1.29 is 13.2 Å². The third-order valence-electron chi connectivity index (χ3n) is 2.64. The molecule has 0 spiro atoms. The van der Waals surface area contributed by atoms with Gasteiger partial charge < -0.3 is 5.32 Å². The Labute approximate surface area is 128 Å². The molecule has 1 aromatic rings. The highest BCUT2D eigenvalue weighted by atomic mass is 79.9. The Bertz CT molecular complexity index is 573. The van der Waals surface area contributed by atoms with Gasteiger partial charge in [-0.15, -0.1) is 0 Å². The number of nitrogens with zero attached hydrogens (tertiary/aromatic N) is 1. The van der Waals surface area contributed by atoms with Crippen LogP contribution in [0.2, 0.25) is 0 Å². The Kier molecular flexibility index (Phi) is 6.01. The standard InChI is InChI=1S/C13H19BrN2O3S/c1-10(2)13(17)15-7-8-16(20(3,18)19)12-6-4-5-11(14)9-12/h4-6,9-10H,7-8H2,1-3H3,(H,15,17). The van der Waals surface area contributed by atoms with E-state index in [2.05, 4.69) is 21.2 Å². The van der Waals surface area contributed by atoms with E-state index in [1.807, 2.05) is 6.07 Å². The highest BCUT2D eigenvalue weighted by Crippen LogP contribution is 2.21. The Balaban J connectivity index is 2.80. The molecule has 0 bridgehead atoms. The van der Waals surface area contributed by atoms with Gasteiger partial charge in [-0.2, -0.15) is 0 Å². The number of rotatable bonds is 6. The van der Waals surface area contributed by atoms with Crippen LogP contribution < -0.4 is 9.62 Å². The van der Waals surface area contributed by atoms with Gasteiger partial charge in [0.2, 0.25) is 15.9 Å². The summed E-state index contributed by atoms with van der Waals surface area (Å²) in [6.45, 7) is 4.06. The van der Waals surface area contributed by atoms with Crippen molar-refractivity contribution >= 4 is 37.5 Å². The lowest BCUT2D eigenvalue weighted by Gasteiger charge is -2.23. The van der Waals surface area contributed by atoms with Crippen LogP contribution in [0.4, 0.5) is 5.69 Å². The zero-order valence-electron chi connectivity index (χ0n) is 11.8. The number of nitrogens with one attached hydrogen (secondary N) is 1. The maximum absolute atomic E-state index is 11.9. The molecule has 0 saturated carbocycles. The summed E-state index contributed by atoms with van der Waals surface area (Å²) in [5, 5.41) is 2.71. The Morgan fingerprint density at radius 1 is 1.40 bits per heavy atom. The van der Waals surface area contributed by atoms with Crippen molar-refractivity contribution in [2.24, 2.45) is 5.92 Å². The molecule has 1 rings (SSSR count). The molecule has 1 N–H and O–H groups in total. The van der Waals surface area contributed by atoms with Gasteiger partial charge in [-0.3, -0.25) is 9.10 Å². The topological polar surface area (TPSA) is 66.5 Å². The average Bonchev–Trinajstić information content (AvgIpc) is 2.32. The SMILES string of the molecule is CC(C)C(=O)NCCN(c1cccc(Br)c1)S(C)(=O)=O. The van der Waals surface area contributed by atoms with Crippen LogP contribution >= 0.6 is 15.9 Å². The minimum absolute atomic E-state index is 0.0901. The highest BCUT2D eigenvalue weighted by molar-refractivity contribution is 9.10. The molecule has 0 radical (unpaired) electrons. The van der Waals surface area contributed by atoms with Crippen LogP contribution in [0.15, 0.2) is 28.7 Å². The van der Waals surface area contributed by atoms with Crippen LogP contribution in [-0.2, 0) is 14.8 Å². The molecular formula is C13H19BrN2O3S. The summed E-state index contributed by atoms with van der Waals surface area (Å²) in [6, 6.07) is 7.04. The fourth-order valence-electron chi connectivity index (χ4n) is 1.60. The molecule has 0 saturated heterocycles. The van der Waals surface area contributed by atoms with Gasteiger partial charge in [0.05, 0.1) is 18.5 Å². The fraction of sp³-hybridized carbons (Fsp3) is 0.462. The number of carbonyl (C=O) groups excluding carboxylic acids is 1. The predicted octanol–water partition coefficient (Wildman–Crippen LogP) is 1.99. The van der Waals surface area contributed by atoms with E-state index in [-0.39, 0.29) is 24.9 Å². The largest absolute Gasteiger partial charge is 0.354 e. The van der Waals surface area contributed by atoms with E-state index in [9.17, 15) is 13.2 Å². The Hall–Kier alpha value is -1.08. The Morgan fingerprint density at radius 3 is 2.55 bits per heavy atom. The number of carbonyl (C=O) groups is 1. The maximum atomic E-state index is 11.9. The summed E-state index contributed by atoms with van der Waals surface area (Å²) in [4.78, 5) is 11.5. The molecule has 0 aliphatic rings. The summed E-state index contributed by atoms with van der Waals surface area (Å²) >= 11 is 3.32. The highest BCUT2D eigenvalue weighted by Gasteiger charge is 2.17. The normalized spacial score (nSPS) is 11.4. The van der Waals surface area contributed by atoms with Crippen LogP contribution in [0.1, 0.15) is 13.8 Å². The first-order valence-corrected chi connectivity index (χ1v) is 8.87. The summed E-state index contributed by atoms with van der Waals surface area (Å²) in [5.74, 6) is -0.208. The number of anilines is 1. The van der Waals surface area contributed by atoms with Gasteiger partial charge in [0, 0.05) is 16.9 Å². The molecule has 0 aliphatic carbocycles. The minimum Gasteiger partial charge on any atom is -0.354 e.